The fourth-order valence-electron chi connectivity index (χ4n) is 5.38. The Morgan fingerprint density at radius 3 is 2.28 bits per heavy atom. The van der Waals surface area contributed by atoms with Crippen molar-refractivity contribution in [3.05, 3.63) is 91.0 Å². The number of hydrogen-bond acceptors (Lipinski definition) is 3. The van der Waals surface area contributed by atoms with E-state index in [0.717, 1.165) is 61.2 Å². The predicted molar refractivity (Wildman–Crippen MR) is 129 cm³/mol. The molecular formula is C28H15BO3. The van der Waals surface area contributed by atoms with E-state index < -0.39 is 0 Å². The molecule has 3 nitrogen and oxygen atoms in total. The van der Waals surface area contributed by atoms with Gasteiger partial charge in [0.1, 0.15) is 34.2 Å². The molecule has 148 valence electrons. The molecule has 3 heterocycles. The van der Waals surface area contributed by atoms with Crippen LogP contribution in [0.4, 0.5) is 0 Å². The third-order valence-corrected chi connectivity index (χ3v) is 6.79. The lowest BCUT2D eigenvalue weighted by Crippen LogP contribution is -2.57. The molecule has 2 aliphatic heterocycles. The Kier molecular flexibility index (Phi) is 2.96. The van der Waals surface area contributed by atoms with Gasteiger partial charge in [-0.05, 0) is 34.5 Å². The summed E-state index contributed by atoms with van der Waals surface area (Å²) >= 11 is 0. The van der Waals surface area contributed by atoms with Crippen molar-refractivity contribution < 1.29 is 13.9 Å². The Labute approximate surface area is 183 Å². The summed E-state index contributed by atoms with van der Waals surface area (Å²) in [7, 11) is 0. The summed E-state index contributed by atoms with van der Waals surface area (Å²) in [5.41, 5.74) is 5.14. The van der Waals surface area contributed by atoms with Crippen LogP contribution in [0.2, 0.25) is 0 Å². The van der Waals surface area contributed by atoms with Crippen molar-refractivity contribution in [1.29, 1.82) is 0 Å². The van der Waals surface area contributed by atoms with E-state index in [0.29, 0.717) is 0 Å². The van der Waals surface area contributed by atoms with Crippen LogP contribution in [0.1, 0.15) is 0 Å². The van der Waals surface area contributed by atoms with E-state index in [1.165, 1.54) is 10.8 Å². The van der Waals surface area contributed by atoms with Gasteiger partial charge in [0.15, 0.2) is 0 Å². The molecule has 5 aromatic carbocycles. The standard InChI is InChI=1S/C28H15BO3/c1-2-7-17-16(6-1)12-13-20-28(17)32-24-11-5-10-23-27(24)29(20)21-14-19-18-8-3-4-9-22(18)30-25(19)15-26(21)31-23/h1-15H. The lowest BCUT2D eigenvalue weighted by Gasteiger charge is -2.33. The SMILES string of the molecule is c1cc2c3c(c1)Oc1c(ccc4ccccc14)B3c1cc3c(cc1O2)oc1ccccc13. The van der Waals surface area contributed by atoms with Crippen molar-refractivity contribution in [1.82, 2.24) is 0 Å². The normalized spacial score (nSPS) is 13.4. The zero-order valence-electron chi connectivity index (χ0n) is 17.0. The number of furan rings is 1. The first-order chi connectivity index (χ1) is 15.8. The second-order valence-electron chi connectivity index (χ2n) is 8.49. The maximum absolute atomic E-state index is 6.50. The first-order valence-electron chi connectivity index (χ1n) is 10.8. The Morgan fingerprint density at radius 2 is 1.34 bits per heavy atom. The summed E-state index contributed by atoms with van der Waals surface area (Å²) in [4.78, 5) is 0. The van der Waals surface area contributed by atoms with Gasteiger partial charge in [0.25, 0.3) is 6.71 Å². The molecule has 0 saturated carbocycles. The van der Waals surface area contributed by atoms with Crippen LogP contribution in [0, 0.1) is 0 Å². The molecule has 2 aliphatic rings. The van der Waals surface area contributed by atoms with E-state index in [2.05, 4.69) is 54.6 Å². The zero-order chi connectivity index (χ0) is 20.8. The van der Waals surface area contributed by atoms with E-state index >= 15 is 0 Å². The minimum atomic E-state index is 0.0383. The quantitative estimate of drug-likeness (QED) is 0.311. The molecular weight excluding hydrogens is 395 g/mol. The molecule has 0 bridgehead atoms. The van der Waals surface area contributed by atoms with E-state index in [1.54, 1.807) is 0 Å². The Morgan fingerprint density at radius 1 is 0.531 bits per heavy atom. The number of rotatable bonds is 0. The van der Waals surface area contributed by atoms with Crippen LogP contribution in [0.15, 0.2) is 95.4 Å². The molecule has 4 heteroatoms. The lowest BCUT2D eigenvalue weighted by molar-refractivity contribution is 0.467. The highest BCUT2D eigenvalue weighted by molar-refractivity contribution is 6.98. The van der Waals surface area contributed by atoms with E-state index in [9.17, 15) is 0 Å². The van der Waals surface area contributed by atoms with Crippen molar-refractivity contribution in [2.75, 3.05) is 0 Å². The summed E-state index contributed by atoms with van der Waals surface area (Å²) in [5, 5.41) is 4.53. The van der Waals surface area contributed by atoms with Gasteiger partial charge in [-0.25, -0.2) is 0 Å². The number of hydrogen-bond donors (Lipinski definition) is 0. The Hall–Kier alpha value is -4.18. The first kappa shape index (κ1) is 16.5. The molecule has 0 aliphatic carbocycles. The monoisotopic (exact) mass is 410 g/mol. The average Bonchev–Trinajstić information content (AvgIpc) is 3.20. The van der Waals surface area contributed by atoms with Crippen molar-refractivity contribution in [3.8, 4) is 23.0 Å². The third kappa shape index (κ3) is 2.02. The minimum absolute atomic E-state index is 0.0383. The third-order valence-electron chi connectivity index (χ3n) is 6.79. The van der Waals surface area contributed by atoms with Crippen LogP contribution in [0.3, 0.4) is 0 Å². The zero-order valence-corrected chi connectivity index (χ0v) is 17.0. The fourth-order valence-corrected chi connectivity index (χ4v) is 5.38. The highest BCUT2D eigenvalue weighted by atomic mass is 16.5. The highest BCUT2D eigenvalue weighted by Crippen LogP contribution is 2.39. The topological polar surface area (TPSA) is 31.6 Å². The van der Waals surface area contributed by atoms with Crippen LogP contribution >= 0.6 is 0 Å². The maximum Gasteiger partial charge on any atom is 0.260 e. The van der Waals surface area contributed by atoms with Crippen molar-refractivity contribution in [2.24, 2.45) is 0 Å². The van der Waals surface area contributed by atoms with Gasteiger partial charge in [0.2, 0.25) is 0 Å². The summed E-state index contributed by atoms with van der Waals surface area (Å²) in [5.74, 6) is 3.48. The maximum atomic E-state index is 6.50. The summed E-state index contributed by atoms with van der Waals surface area (Å²) in [6.45, 7) is 0.0383. The molecule has 0 N–H and O–H groups in total. The fraction of sp³-hybridized carbons (Fsp3) is 0. The van der Waals surface area contributed by atoms with Gasteiger partial charge in [0, 0.05) is 27.7 Å². The number of para-hydroxylation sites is 1. The van der Waals surface area contributed by atoms with Crippen molar-refractivity contribution in [2.45, 2.75) is 0 Å². The Bertz CT molecular complexity index is 1750. The molecule has 32 heavy (non-hydrogen) atoms. The molecule has 1 aromatic heterocycles. The highest BCUT2D eigenvalue weighted by Gasteiger charge is 2.40. The largest absolute Gasteiger partial charge is 0.458 e. The smallest absolute Gasteiger partial charge is 0.260 e. The molecule has 0 radical (unpaired) electrons. The van der Waals surface area contributed by atoms with Gasteiger partial charge in [-0.2, -0.15) is 0 Å². The average molecular weight is 410 g/mol. The molecule has 0 unspecified atom stereocenters. The molecule has 0 saturated heterocycles. The summed E-state index contributed by atoms with van der Waals surface area (Å²) in [6.07, 6.45) is 0. The second-order valence-corrected chi connectivity index (χ2v) is 8.49. The van der Waals surface area contributed by atoms with Crippen LogP contribution in [0.25, 0.3) is 32.7 Å². The van der Waals surface area contributed by atoms with Crippen LogP contribution in [0.5, 0.6) is 23.0 Å². The summed E-state index contributed by atoms with van der Waals surface area (Å²) in [6, 6.07) is 31.3. The molecule has 0 atom stereocenters. The van der Waals surface area contributed by atoms with Crippen LogP contribution in [-0.4, -0.2) is 6.71 Å². The Balaban J connectivity index is 1.49. The molecule has 0 fully saturated rings. The van der Waals surface area contributed by atoms with Gasteiger partial charge < -0.3 is 13.9 Å². The van der Waals surface area contributed by atoms with Gasteiger partial charge in [-0.3, -0.25) is 0 Å². The van der Waals surface area contributed by atoms with Gasteiger partial charge in [-0.1, -0.05) is 66.7 Å². The van der Waals surface area contributed by atoms with Crippen LogP contribution in [-0.2, 0) is 0 Å². The van der Waals surface area contributed by atoms with Crippen molar-refractivity contribution in [3.63, 3.8) is 0 Å². The number of fused-ring (bicyclic) bond motifs is 9. The molecule has 0 spiro atoms. The summed E-state index contributed by atoms with van der Waals surface area (Å²) < 4.78 is 19.0. The predicted octanol–water partition coefficient (Wildman–Crippen LogP) is 5.47. The molecule has 6 aromatic rings. The lowest BCUT2D eigenvalue weighted by atomic mass is 9.34. The van der Waals surface area contributed by atoms with E-state index in [4.69, 9.17) is 13.9 Å². The first-order valence-corrected chi connectivity index (χ1v) is 10.8. The number of ether oxygens (including phenoxy) is 2. The minimum Gasteiger partial charge on any atom is -0.458 e. The number of benzene rings is 5. The second kappa shape index (κ2) is 5.74. The molecule has 0 amide bonds. The van der Waals surface area contributed by atoms with Gasteiger partial charge in [-0.15, -0.1) is 0 Å². The van der Waals surface area contributed by atoms with E-state index in [1.807, 2.05) is 36.4 Å². The van der Waals surface area contributed by atoms with Crippen LogP contribution < -0.4 is 25.9 Å². The van der Waals surface area contributed by atoms with Crippen molar-refractivity contribution >= 4 is 55.8 Å². The van der Waals surface area contributed by atoms with Gasteiger partial charge >= 0.3 is 0 Å². The van der Waals surface area contributed by atoms with E-state index in [-0.39, 0.29) is 6.71 Å². The molecule has 8 rings (SSSR count). The van der Waals surface area contributed by atoms with Gasteiger partial charge in [0.05, 0.1) is 0 Å².